The molecule has 7 nitrogen and oxygen atoms in total. The molecule has 2 aliphatic carbocycles. The summed E-state index contributed by atoms with van der Waals surface area (Å²) >= 11 is 0. The molecule has 7 heteroatoms. The van der Waals surface area contributed by atoms with E-state index in [2.05, 4.69) is 6.08 Å². The molecule has 0 radical (unpaired) electrons. The molecule has 4 aliphatic rings. The maximum Gasteiger partial charge on any atom is 0.303 e. The first-order valence-electron chi connectivity index (χ1n) is 9.13. The van der Waals surface area contributed by atoms with E-state index < -0.39 is 40.7 Å². The Balaban J connectivity index is 1.86. The summed E-state index contributed by atoms with van der Waals surface area (Å²) in [6.45, 7) is 7.31. The lowest BCUT2D eigenvalue weighted by molar-refractivity contribution is -0.233. The number of rotatable bonds is 3. The van der Waals surface area contributed by atoms with Crippen LogP contribution >= 0.6 is 0 Å². The first-order valence-corrected chi connectivity index (χ1v) is 9.13. The van der Waals surface area contributed by atoms with Crippen LogP contribution in [0.2, 0.25) is 0 Å². The van der Waals surface area contributed by atoms with Gasteiger partial charge < -0.3 is 24.1 Å². The summed E-state index contributed by atoms with van der Waals surface area (Å²) in [4.78, 5) is 23.4. The van der Waals surface area contributed by atoms with Gasteiger partial charge in [-0.15, -0.1) is 0 Å². The fourth-order valence-electron chi connectivity index (χ4n) is 5.60. The summed E-state index contributed by atoms with van der Waals surface area (Å²) in [5.74, 6) is -0.830. The number of epoxide rings is 1. The van der Waals surface area contributed by atoms with Crippen LogP contribution in [0.15, 0.2) is 11.6 Å². The van der Waals surface area contributed by atoms with Crippen LogP contribution in [0.3, 0.4) is 0 Å². The van der Waals surface area contributed by atoms with Gasteiger partial charge in [-0.1, -0.05) is 18.6 Å². The molecular formula is C19H26O7. The summed E-state index contributed by atoms with van der Waals surface area (Å²) in [6.07, 6.45) is 0.896. The molecule has 0 aromatic heterocycles. The standard InChI is InChI=1S/C19H26O7/c1-10-5-6-18(8-23-11(2)20)13(7-10)26-16-14(22)15(25-12(3)21)17(18,4)19(16)9-24-19/h7,13-16,22H,5-6,8-9H2,1-4H3/t13-,14-,15-,16-,17-,18-,19+/m1/s1/i1+1,2+1,3+1,4+1,5+1,6+1,7+1,8+1,9+1,10+1,11+1,12+1,13+1,14+1,15+1,16+1,17+1,18+1,19+1. The van der Waals surface area contributed by atoms with Crippen molar-refractivity contribution >= 4 is 11.9 Å². The van der Waals surface area contributed by atoms with Crippen molar-refractivity contribution in [1.82, 2.24) is 0 Å². The molecule has 1 saturated carbocycles. The lowest BCUT2D eigenvalue weighted by Crippen LogP contribution is -2.66. The fraction of sp³-hybridized carbons (Fsp3) is 0.789. The van der Waals surface area contributed by atoms with Crippen LogP contribution in [-0.4, -0.2) is 60.3 Å². The molecule has 2 saturated heterocycles. The van der Waals surface area contributed by atoms with Crippen LogP contribution < -0.4 is 0 Å². The van der Waals surface area contributed by atoms with E-state index in [1.165, 1.54) is 19.4 Å². The Hall–Kier alpha value is -1.44. The van der Waals surface area contributed by atoms with E-state index in [0.717, 1.165) is 6.42 Å². The predicted octanol–water partition coefficient (Wildman–Crippen LogP) is 1.12. The van der Waals surface area contributed by atoms with Crippen molar-refractivity contribution in [2.24, 2.45) is 10.8 Å². The highest BCUT2D eigenvalue weighted by Crippen LogP contribution is 2.72. The Bertz CT molecular complexity index is 681. The van der Waals surface area contributed by atoms with E-state index in [1.54, 1.807) is 0 Å². The molecule has 2 bridgehead atoms. The Labute approximate surface area is 152 Å². The van der Waals surface area contributed by atoms with Crippen LogP contribution in [0.4, 0.5) is 0 Å². The second-order valence-electron chi connectivity index (χ2n) is 8.33. The largest absolute Gasteiger partial charge is 0.465 e. The van der Waals surface area contributed by atoms with Crippen LogP contribution in [0.1, 0.15) is 40.5 Å². The topological polar surface area (TPSA) is 94.6 Å². The van der Waals surface area contributed by atoms with Gasteiger partial charge in [0.2, 0.25) is 0 Å². The first kappa shape index (κ1) is 17.9. The monoisotopic (exact) mass is 385 g/mol. The molecule has 144 valence electrons. The van der Waals surface area contributed by atoms with Crippen LogP contribution in [0.25, 0.3) is 0 Å². The number of aliphatic hydroxyl groups is 1. The van der Waals surface area contributed by atoms with Crippen molar-refractivity contribution in [3.63, 3.8) is 0 Å². The Morgan fingerprint density at radius 3 is 2.62 bits per heavy atom. The first-order chi connectivity index (χ1) is 12.2. The maximum atomic E-state index is 11.8. The highest BCUT2D eigenvalue weighted by atomic mass is 16.9. The molecule has 4 rings (SSSR count). The average Bonchev–Trinajstić information content (AvgIpc) is 3.34. The van der Waals surface area contributed by atoms with Crippen LogP contribution in [0.5, 0.6) is 0 Å². The predicted molar refractivity (Wildman–Crippen MR) is 89.1 cm³/mol. The Morgan fingerprint density at radius 1 is 1.35 bits per heavy atom. The molecule has 0 unspecified atom stereocenters. The van der Waals surface area contributed by atoms with Gasteiger partial charge in [-0.05, 0) is 19.8 Å². The molecule has 26 heavy (non-hydrogen) atoms. The zero-order valence-corrected chi connectivity index (χ0v) is 15.6. The molecule has 0 amide bonds. The lowest BCUT2D eigenvalue weighted by Gasteiger charge is -2.58. The number of hydrogen-bond acceptors (Lipinski definition) is 7. The van der Waals surface area contributed by atoms with Crippen LogP contribution in [0, 0.1) is 10.8 Å². The van der Waals surface area contributed by atoms with Crippen molar-refractivity contribution in [1.29, 1.82) is 0 Å². The number of hydrogen-bond donors (Lipinski definition) is 1. The molecule has 7 atom stereocenters. The molecule has 1 spiro atoms. The van der Waals surface area contributed by atoms with Gasteiger partial charge in [0.25, 0.3) is 0 Å². The second-order valence-corrected chi connectivity index (χ2v) is 8.33. The molecule has 0 aromatic carbocycles. The van der Waals surface area contributed by atoms with Crippen molar-refractivity contribution in [3.05, 3.63) is 11.6 Å². The quantitative estimate of drug-likeness (QED) is 0.337. The van der Waals surface area contributed by atoms with E-state index in [0.29, 0.717) is 13.0 Å². The minimum Gasteiger partial charge on any atom is -0.465 e. The zero-order chi connectivity index (χ0) is 18.9. The molecule has 0 aromatic rings. The summed E-state index contributed by atoms with van der Waals surface area (Å²) in [6, 6.07) is 0. The summed E-state index contributed by atoms with van der Waals surface area (Å²) in [5.41, 5.74) is -0.890. The van der Waals surface area contributed by atoms with E-state index in [1.807, 2.05) is 13.8 Å². The van der Waals surface area contributed by atoms with Gasteiger partial charge in [0, 0.05) is 19.3 Å². The summed E-state index contributed by atoms with van der Waals surface area (Å²) in [7, 11) is 0. The third kappa shape index (κ3) is 2.05. The highest BCUT2D eigenvalue weighted by molar-refractivity contribution is 5.67. The van der Waals surface area contributed by atoms with E-state index in [4.69, 9.17) is 18.9 Å². The Morgan fingerprint density at radius 2 is 2.04 bits per heavy atom. The number of ether oxygens (including phenoxy) is 4. The van der Waals surface area contributed by atoms with Crippen LogP contribution in [-0.2, 0) is 28.5 Å². The third-order valence-corrected chi connectivity index (χ3v) is 7.08. The number of allylic oxidation sites excluding steroid dienone is 1. The molecule has 1 N–H and O–H groups in total. The minimum absolute atomic E-state index is 0.135. The molecule has 2 aliphatic heterocycles. The third-order valence-electron chi connectivity index (χ3n) is 7.08. The van der Waals surface area contributed by atoms with E-state index in [-0.39, 0.29) is 18.7 Å². The van der Waals surface area contributed by atoms with Crippen molar-refractivity contribution < 1.29 is 33.6 Å². The maximum absolute atomic E-state index is 11.8. The van der Waals surface area contributed by atoms with Crippen molar-refractivity contribution in [2.75, 3.05) is 13.2 Å². The van der Waals surface area contributed by atoms with Gasteiger partial charge in [-0.3, -0.25) is 9.59 Å². The Kier molecular flexibility index (Phi) is 3.82. The van der Waals surface area contributed by atoms with Gasteiger partial charge in [-0.25, -0.2) is 0 Å². The highest BCUT2D eigenvalue weighted by Gasteiger charge is 2.85. The van der Waals surface area contributed by atoms with Gasteiger partial charge in [0.1, 0.15) is 30.5 Å². The van der Waals surface area contributed by atoms with Gasteiger partial charge >= 0.3 is 11.9 Å². The molecule has 3 fully saturated rings. The number of fused-ring (bicyclic) bond motifs is 2. The van der Waals surface area contributed by atoms with Gasteiger partial charge in [0.05, 0.1) is 18.1 Å². The SMILES string of the molecule is [13CH3][13C](=O)O[13CH2][13C@]12[13CH2][13CH2][13C]([13CH3])=[13CH][13C@H]1O[13C@@H]1[13C@H](O)[13C@@H](O[13C]([13CH3])=O)[13C@@]2([13CH3])[13C@]12[13CH2]O2. The summed E-state index contributed by atoms with van der Waals surface area (Å²) < 4.78 is 23.3. The number of aliphatic hydroxyl groups excluding tert-OH is 1. The van der Waals surface area contributed by atoms with Gasteiger partial charge in [-0.2, -0.15) is 0 Å². The van der Waals surface area contributed by atoms with E-state index >= 15 is 0 Å². The van der Waals surface area contributed by atoms with Gasteiger partial charge in [0.15, 0.2) is 0 Å². The fourth-order valence-corrected chi connectivity index (χ4v) is 5.60. The van der Waals surface area contributed by atoms with Crippen molar-refractivity contribution in [2.45, 2.75) is 70.6 Å². The number of carbonyl (C=O) groups excluding carboxylic acids is 2. The smallest absolute Gasteiger partial charge is 0.303 e. The zero-order valence-electron chi connectivity index (χ0n) is 15.6. The minimum atomic E-state index is -0.986. The molecular weight excluding hydrogens is 359 g/mol. The molecule has 2 heterocycles. The van der Waals surface area contributed by atoms with Crippen molar-refractivity contribution in [3.8, 4) is 0 Å². The van der Waals surface area contributed by atoms with E-state index in [9.17, 15) is 14.7 Å². The normalized spacial score (nSPS) is 48.6. The summed E-state index contributed by atoms with van der Waals surface area (Å²) in [5, 5.41) is 10.9. The number of esters is 2. The average molecular weight is 385 g/mol. The number of carbonyl (C=O) groups is 2. The lowest BCUT2D eigenvalue weighted by atomic mass is 10.5. The second kappa shape index (κ2) is 5.53.